The fourth-order valence-electron chi connectivity index (χ4n) is 5.63. The number of hydrogen-bond donors (Lipinski definition) is 4. The first-order valence-corrected chi connectivity index (χ1v) is 16.7. The van der Waals surface area contributed by atoms with Crippen LogP contribution >= 0.6 is 0 Å². The van der Waals surface area contributed by atoms with E-state index in [4.69, 9.17) is 18.9 Å². The molecular weight excluding hydrogens is 590 g/mol. The van der Waals surface area contributed by atoms with Gasteiger partial charge < -0.3 is 40.0 Å². The van der Waals surface area contributed by atoms with Crippen molar-refractivity contribution in [2.45, 2.75) is 111 Å². The summed E-state index contributed by atoms with van der Waals surface area (Å²) in [5, 5.41) is 20.4. The molecule has 1 aromatic carbocycles. The summed E-state index contributed by atoms with van der Waals surface area (Å²) in [7, 11) is 3.27. The summed E-state index contributed by atoms with van der Waals surface area (Å²) in [4.78, 5) is 37.8. The monoisotopic (exact) mass is 649 g/mol. The smallest absolute Gasteiger partial charge is 0.407 e. The Labute approximate surface area is 275 Å². The van der Waals surface area contributed by atoms with Crippen molar-refractivity contribution in [3.8, 4) is 11.5 Å². The van der Waals surface area contributed by atoms with Crippen molar-refractivity contribution in [2.75, 3.05) is 34.0 Å². The van der Waals surface area contributed by atoms with E-state index in [1.165, 1.54) is 0 Å². The highest BCUT2D eigenvalue weighted by Gasteiger charge is 2.34. The largest absolute Gasteiger partial charge is 0.493 e. The van der Waals surface area contributed by atoms with Crippen molar-refractivity contribution in [1.29, 1.82) is 0 Å². The van der Waals surface area contributed by atoms with Crippen molar-refractivity contribution >= 4 is 17.9 Å². The Morgan fingerprint density at radius 3 is 2.33 bits per heavy atom. The maximum absolute atomic E-state index is 13.3. The lowest BCUT2D eigenvalue weighted by atomic mass is 9.80. The van der Waals surface area contributed by atoms with Crippen LogP contribution in [0.15, 0.2) is 18.2 Å². The first-order valence-electron chi connectivity index (χ1n) is 16.7. The molecule has 1 heterocycles. The second kappa shape index (κ2) is 18.9. The molecule has 0 saturated carbocycles. The molecule has 11 nitrogen and oxygen atoms in total. The number of carbonyl (C=O) groups excluding carboxylic acids is 3. The lowest BCUT2D eigenvalue weighted by Gasteiger charge is -2.33. The molecule has 46 heavy (non-hydrogen) atoms. The lowest BCUT2D eigenvalue weighted by Crippen LogP contribution is -2.49. The van der Waals surface area contributed by atoms with E-state index in [0.29, 0.717) is 56.9 Å². The molecule has 3 amide bonds. The van der Waals surface area contributed by atoms with Gasteiger partial charge in [0.1, 0.15) is 5.60 Å². The third kappa shape index (κ3) is 13.7. The van der Waals surface area contributed by atoms with Crippen LogP contribution in [-0.2, 0) is 25.5 Å². The summed E-state index contributed by atoms with van der Waals surface area (Å²) in [6, 6.07) is 5.14. The molecule has 5 atom stereocenters. The molecule has 1 unspecified atom stereocenters. The summed E-state index contributed by atoms with van der Waals surface area (Å²) in [5.41, 5.74) is 0.334. The van der Waals surface area contributed by atoms with Crippen molar-refractivity contribution in [2.24, 2.45) is 23.7 Å². The number of amides is 3. The minimum atomic E-state index is -1.01. The number of ether oxygens (including phenoxy) is 4. The Morgan fingerprint density at radius 2 is 1.76 bits per heavy atom. The number of alkyl carbamates (subject to hydrolysis) is 1. The molecule has 11 heteroatoms. The van der Waals surface area contributed by atoms with Gasteiger partial charge in [0.15, 0.2) is 11.5 Å². The van der Waals surface area contributed by atoms with Crippen LogP contribution in [0, 0.1) is 23.7 Å². The van der Waals surface area contributed by atoms with Crippen molar-refractivity contribution in [3.05, 3.63) is 23.8 Å². The number of methoxy groups -OCH3 is 2. The molecule has 0 aliphatic carbocycles. The van der Waals surface area contributed by atoms with Gasteiger partial charge in [0.05, 0.1) is 25.9 Å². The Balaban J connectivity index is 2.24. The molecule has 1 fully saturated rings. The molecule has 1 aliphatic heterocycles. The number of benzene rings is 1. The van der Waals surface area contributed by atoms with E-state index in [1.807, 2.05) is 32.0 Å². The van der Waals surface area contributed by atoms with Gasteiger partial charge in [-0.05, 0) is 81.9 Å². The molecule has 2 rings (SSSR count). The van der Waals surface area contributed by atoms with E-state index in [2.05, 4.69) is 29.8 Å². The zero-order valence-electron chi connectivity index (χ0n) is 29.4. The summed E-state index contributed by atoms with van der Waals surface area (Å²) in [6.45, 7) is 15.0. The number of nitrogens with one attached hydrogen (secondary N) is 3. The summed E-state index contributed by atoms with van der Waals surface area (Å²) >= 11 is 0. The Bertz CT molecular complexity index is 1100. The Morgan fingerprint density at radius 1 is 1.04 bits per heavy atom. The number of carbonyl (C=O) groups is 3. The SMILES string of the molecule is COCCCOc1cc(C[C@@H](C[C@H](NC(=O)OC(C)(C)C)[C@@H](O)C[C@H](C(=O)NCC2CCC(=O)N2)C(C)C)C(C)C)ccc1OC. The maximum atomic E-state index is 13.3. The highest BCUT2D eigenvalue weighted by atomic mass is 16.6. The molecule has 0 aromatic heterocycles. The quantitative estimate of drug-likeness (QED) is 0.159. The molecular formula is C35H59N3O8. The third-order valence-electron chi connectivity index (χ3n) is 8.39. The van der Waals surface area contributed by atoms with Crippen LogP contribution in [0.25, 0.3) is 0 Å². The second-order valence-corrected chi connectivity index (χ2v) is 14.1. The van der Waals surface area contributed by atoms with Gasteiger partial charge in [-0.15, -0.1) is 0 Å². The highest BCUT2D eigenvalue weighted by molar-refractivity contribution is 5.80. The van der Waals surface area contributed by atoms with E-state index in [1.54, 1.807) is 35.0 Å². The maximum Gasteiger partial charge on any atom is 0.407 e. The average Bonchev–Trinajstić information content (AvgIpc) is 3.39. The third-order valence-corrected chi connectivity index (χ3v) is 8.39. The van der Waals surface area contributed by atoms with Crippen LogP contribution in [-0.4, -0.2) is 80.8 Å². The van der Waals surface area contributed by atoms with E-state index < -0.39 is 29.8 Å². The summed E-state index contributed by atoms with van der Waals surface area (Å²) < 4.78 is 22.2. The van der Waals surface area contributed by atoms with Gasteiger partial charge in [-0.1, -0.05) is 33.8 Å². The molecule has 262 valence electrons. The topological polar surface area (TPSA) is 144 Å². The van der Waals surface area contributed by atoms with Gasteiger partial charge >= 0.3 is 6.09 Å². The van der Waals surface area contributed by atoms with Gasteiger partial charge in [0, 0.05) is 45.1 Å². The van der Waals surface area contributed by atoms with Crippen molar-refractivity contribution < 1.29 is 38.4 Å². The molecule has 1 saturated heterocycles. The predicted molar refractivity (Wildman–Crippen MR) is 178 cm³/mol. The van der Waals surface area contributed by atoms with Crippen LogP contribution in [0.1, 0.15) is 86.1 Å². The summed E-state index contributed by atoms with van der Waals surface area (Å²) in [5.74, 6) is 0.856. The Kier molecular flexibility index (Phi) is 16.1. The molecule has 1 aliphatic rings. The van der Waals surface area contributed by atoms with E-state index >= 15 is 0 Å². The van der Waals surface area contributed by atoms with Crippen LogP contribution in [0.5, 0.6) is 11.5 Å². The first kappa shape index (κ1) is 39.1. The summed E-state index contributed by atoms with van der Waals surface area (Å²) in [6.07, 6.45) is 1.58. The lowest BCUT2D eigenvalue weighted by molar-refractivity contribution is -0.128. The van der Waals surface area contributed by atoms with Gasteiger partial charge in [-0.2, -0.15) is 0 Å². The average molecular weight is 650 g/mol. The van der Waals surface area contributed by atoms with Crippen LogP contribution < -0.4 is 25.4 Å². The molecule has 4 N–H and O–H groups in total. The molecule has 0 radical (unpaired) electrons. The van der Waals surface area contributed by atoms with E-state index in [9.17, 15) is 19.5 Å². The van der Waals surface area contributed by atoms with Gasteiger partial charge in [0.2, 0.25) is 11.8 Å². The standard InChI is InChI=1S/C35H59N3O8/c1-22(2)25(17-24-11-13-30(44-9)31(18-24)45-16-10-15-43-8)19-28(38-34(42)46-35(5,6)7)29(39)20-27(23(3)4)33(41)36-21-26-12-14-32(40)37-26/h11,13,18,22-23,25-29,39H,10,12,14-17,19-21H2,1-9H3,(H,36,41)(H,37,40)(H,38,42)/t25-,26?,27-,28-,29-/m0/s1. The second-order valence-electron chi connectivity index (χ2n) is 14.1. The van der Waals surface area contributed by atoms with Crippen LogP contribution in [0.4, 0.5) is 4.79 Å². The fraction of sp³-hybridized carbons (Fsp3) is 0.743. The van der Waals surface area contributed by atoms with E-state index in [-0.39, 0.29) is 42.0 Å². The van der Waals surface area contributed by atoms with Crippen molar-refractivity contribution in [1.82, 2.24) is 16.0 Å². The number of aliphatic hydroxyl groups excluding tert-OH is 1. The van der Waals surface area contributed by atoms with E-state index in [0.717, 1.165) is 12.0 Å². The van der Waals surface area contributed by atoms with Gasteiger partial charge in [-0.3, -0.25) is 9.59 Å². The molecule has 0 spiro atoms. The number of hydrogen-bond acceptors (Lipinski definition) is 8. The minimum Gasteiger partial charge on any atom is -0.493 e. The fourth-order valence-corrected chi connectivity index (χ4v) is 5.63. The number of rotatable bonds is 19. The zero-order chi connectivity index (χ0) is 34.4. The molecule has 0 bridgehead atoms. The number of aliphatic hydroxyl groups is 1. The van der Waals surface area contributed by atoms with Gasteiger partial charge in [0.25, 0.3) is 0 Å². The predicted octanol–water partition coefficient (Wildman–Crippen LogP) is 4.63. The zero-order valence-corrected chi connectivity index (χ0v) is 29.4. The van der Waals surface area contributed by atoms with Gasteiger partial charge in [-0.25, -0.2) is 4.79 Å². The Hall–Kier alpha value is -3.05. The van der Waals surface area contributed by atoms with Crippen LogP contribution in [0.2, 0.25) is 0 Å². The van der Waals surface area contributed by atoms with Crippen molar-refractivity contribution in [3.63, 3.8) is 0 Å². The first-order chi connectivity index (χ1) is 21.6. The highest BCUT2D eigenvalue weighted by Crippen LogP contribution is 2.32. The minimum absolute atomic E-state index is 0.00804. The normalized spacial score (nSPS) is 17.7. The molecule has 1 aromatic rings. The van der Waals surface area contributed by atoms with Crippen LogP contribution in [0.3, 0.4) is 0 Å².